The number of methoxy groups -OCH3 is 1. The van der Waals surface area contributed by atoms with Crippen LogP contribution in [0.5, 0.6) is 5.75 Å². The molecule has 0 fully saturated rings. The first-order chi connectivity index (χ1) is 7.86. The first-order valence-electron chi connectivity index (χ1n) is 5.38. The number of benzene rings is 1. The van der Waals surface area contributed by atoms with Gasteiger partial charge in [0.1, 0.15) is 5.75 Å². The van der Waals surface area contributed by atoms with E-state index in [1.54, 1.807) is 7.11 Å². The van der Waals surface area contributed by atoms with Crippen LogP contribution in [0, 0.1) is 11.8 Å². The molecule has 0 saturated carbocycles. The number of hydrogen-bond acceptors (Lipinski definition) is 1. The van der Waals surface area contributed by atoms with Gasteiger partial charge in [0.05, 0.1) is 12.6 Å². The minimum absolute atomic E-state index is 0.886. The Hall–Kier alpha value is -1.88. The molecule has 0 N–H and O–H groups in total. The third kappa shape index (κ3) is 1.90. The van der Waals surface area contributed by atoms with E-state index < -0.39 is 0 Å². The molecule has 2 aromatic rings. The summed E-state index contributed by atoms with van der Waals surface area (Å²) in [6.45, 7) is 2.80. The lowest BCUT2D eigenvalue weighted by Gasteiger charge is -2.04. The SMILES string of the molecule is CC#CCCn1ccc2c(OC)cccc21. The van der Waals surface area contributed by atoms with Gasteiger partial charge in [-0.25, -0.2) is 0 Å². The van der Waals surface area contributed by atoms with Crippen LogP contribution in [0.3, 0.4) is 0 Å². The van der Waals surface area contributed by atoms with Crippen LogP contribution in [-0.2, 0) is 6.54 Å². The first-order valence-corrected chi connectivity index (χ1v) is 5.38. The Balaban J connectivity index is 2.36. The predicted molar refractivity (Wildman–Crippen MR) is 66.6 cm³/mol. The molecule has 2 rings (SSSR count). The van der Waals surface area contributed by atoms with Crippen LogP contribution >= 0.6 is 0 Å². The van der Waals surface area contributed by atoms with E-state index in [0.717, 1.165) is 24.1 Å². The van der Waals surface area contributed by atoms with Crippen molar-refractivity contribution in [2.75, 3.05) is 7.11 Å². The van der Waals surface area contributed by atoms with Crippen molar-refractivity contribution < 1.29 is 4.74 Å². The van der Waals surface area contributed by atoms with Crippen LogP contribution < -0.4 is 4.74 Å². The van der Waals surface area contributed by atoms with E-state index in [-0.39, 0.29) is 0 Å². The summed E-state index contributed by atoms with van der Waals surface area (Å²) in [7, 11) is 1.70. The number of ether oxygens (including phenoxy) is 1. The summed E-state index contributed by atoms with van der Waals surface area (Å²) in [5, 5.41) is 1.16. The molecule has 0 spiro atoms. The van der Waals surface area contributed by atoms with E-state index >= 15 is 0 Å². The molecule has 2 nitrogen and oxygen atoms in total. The molecule has 16 heavy (non-hydrogen) atoms. The zero-order valence-corrected chi connectivity index (χ0v) is 9.66. The van der Waals surface area contributed by atoms with Crippen molar-refractivity contribution in [1.82, 2.24) is 4.57 Å². The van der Waals surface area contributed by atoms with Gasteiger partial charge in [0.2, 0.25) is 0 Å². The fourth-order valence-corrected chi connectivity index (χ4v) is 1.87. The molecule has 0 aliphatic carbocycles. The summed E-state index contributed by atoms with van der Waals surface area (Å²) >= 11 is 0. The Morgan fingerprint density at radius 3 is 2.94 bits per heavy atom. The maximum atomic E-state index is 5.33. The lowest BCUT2D eigenvalue weighted by atomic mass is 10.2. The second-order valence-corrected chi connectivity index (χ2v) is 3.58. The molecule has 0 aliphatic heterocycles. The summed E-state index contributed by atoms with van der Waals surface area (Å²) in [4.78, 5) is 0. The molecule has 0 aliphatic rings. The topological polar surface area (TPSA) is 14.2 Å². The van der Waals surface area contributed by atoms with Crippen molar-refractivity contribution in [2.24, 2.45) is 0 Å². The Morgan fingerprint density at radius 1 is 1.31 bits per heavy atom. The minimum atomic E-state index is 0.886. The standard InChI is InChI=1S/C14H15NO/c1-3-4-5-10-15-11-9-12-13(15)7-6-8-14(12)16-2/h6-9,11H,5,10H2,1-2H3. The van der Waals surface area contributed by atoms with Crippen molar-refractivity contribution in [3.63, 3.8) is 0 Å². The van der Waals surface area contributed by atoms with Crippen molar-refractivity contribution >= 4 is 10.9 Å². The van der Waals surface area contributed by atoms with Crippen molar-refractivity contribution in [3.8, 4) is 17.6 Å². The van der Waals surface area contributed by atoms with Crippen molar-refractivity contribution in [3.05, 3.63) is 30.5 Å². The zero-order valence-electron chi connectivity index (χ0n) is 9.66. The van der Waals surface area contributed by atoms with Gasteiger partial charge in [-0.1, -0.05) is 6.07 Å². The van der Waals surface area contributed by atoms with Crippen LogP contribution in [-0.4, -0.2) is 11.7 Å². The number of hydrogen-bond donors (Lipinski definition) is 0. The van der Waals surface area contributed by atoms with Crippen LogP contribution in [0.4, 0.5) is 0 Å². The molecular formula is C14H15NO. The molecule has 0 radical (unpaired) electrons. The van der Waals surface area contributed by atoms with Gasteiger partial charge >= 0.3 is 0 Å². The lowest BCUT2D eigenvalue weighted by molar-refractivity contribution is 0.420. The van der Waals surface area contributed by atoms with Crippen LogP contribution in [0.25, 0.3) is 10.9 Å². The van der Waals surface area contributed by atoms with E-state index in [1.807, 2.05) is 19.1 Å². The smallest absolute Gasteiger partial charge is 0.128 e. The molecule has 0 saturated heterocycles. The van der Waals surface area contributed by atoms with Gasteiger partial charge in [-0.2, -0.15) is 0 Å². The fourth-order valence-electron chi connectivity index (χ4n) is 1.87. The summed E-state index contributed by atoms with van der Waals surface area (Å²) in [6, 6.07) is 8.20. The van der Waals surface area contributed by atoms with E-state index in [4.69, 9.17) is 4.74 Å². The number of rotatable bonds is 3. The number of nitrogens with zero attached hydrogens (tertiary/aromatic N) is 1. The van der Waals surface area contributed by atoms with E-state index in [0.29, 0.717) is 0 Å². The van der Waals surface area contributed by atoms with Gasteiger partial charge < -0.3 is 9.30 Å². The maximum absolute atomic E-state index is 5.33. The quantitative estimate of drug-likeness (QED) is 0.715. The number of aryl methyl sites for hydroxylation is 1. The normalized spacial score (nSPS) is 9.88. The highest BCUT2D eigenvalue weighted by Gasteiger charge is 2.04. The Bertz CT molecular complexity index is 543. The number of aromatic nitrogens is 1. The molecule has 0 amide bonds. The lowest BCUT2D eigenvalue weighted by Crippen LogP contribution is -1.94. The minimum Gasteiger partial charge on any atom is -0.496 e. The Kier molecular flexibility index (Phi) is 3.16. The largest absolute Gasteiger partial charge is 0.496 e. The molecule has 0 unspecified atom stereocenters. The highest BCUT2D eigenvalue weighted by molar-refractivity contribution is 5.86. The van der Waals surface area contributed by atoms with E-state index in [9.17, 15) is 0 Å². The van der Waals surface area contributed by atoms with Gasteiger partial charge in [-0.05, 0) is 25.1 Å². The summed E-state index contributed by atoms with van der Waals surface area (Å²) in [6.07, 6.45) is 2.97. The van der Waals surface area contributed by atoms with Gasteiger partial charge in [-0.3, -0.25) is 0 Å². The molecule has 1 heterocycles. The van der Waals surface area contributed by atoms with Crippen molar-refractivity contribution in [1.29, 1.82) is 0 Å². The van der Waals surface area contributed by atoms with Gasteiger partial charge in [0.15, 0.2) is 0 Å². The Labute approximate surface area is 95.8 Å². The second kappa shape index (κ2) is 4.76. The third-order valence-electron chi connectivity index (χ3n) is 2.65. The fraction of sp³-hybridized carbons (Fsp3) is 0.286. The van der Waals surface area contributed by atoms with Crippen LogP contribution in [0.2, 0.25) is 0 Å². The monoisotopic (exact) mass is 213 g/mol. The molecular weight excluding hydrogens is 198 g/mol. The molecule has 1 aromatic heterocycles. The van der Waals surface area contributed by atoms with E-state index in [1.165, 1.54) is 5.52 Å². The van der Waals surface area contributed by atoms with Gasteiger partial charge in [-0.15, -0.1) is 11.8 Å². The predicted octanol–water partition coefficient (Wildman–Crippen LogP) is 3.06. The molecule has 1 aromatic carbocycles. The first kappa shape index (κ1) is 10.6. The second-order valence-electron chi connectivity index (χ2n) is 3.58. The Morgan fingerprint density at radius 2 is 2.19 bits per heavy atom. The average Bonchev–Trinajstić information content (AvgIpc) is 2.73. The highest BCUT2D eigenvalue weighted by Crippen LogP contribution is 2.26. The van der Waals surface area contributed by atoms with Gasteiger partial charge in [0, 0.05) is 24.5 Å². The van der Waals surface area contributed by atoms with Crippen LogP contribution in [0.1, 0.15) is 13.3 Å². The van der Waals surface area contributed by atoms with Crippen LogP contribution in [0.15, 0.2) is 30.5 Å². The zero-order chi connectivity index (χ0) is 11.4. The maximum Gasteiger partial charge on any atom is 0.128 e. The summed E-state index contributed by atoms with van der Waals surface area (Å²) in [5.74, 6) is 6.92. The third-order valence-corrected chi connectivity index (χ3v) is 2.65. The van der Waals surface area contributed by atoms with Crippen molar-refractivity contribution in [2.45, 2.75) is 19.9 Å². The molecule has 82 valence electrons. The van der Waals surface area contributed by atoms with Gasteiger partial charge in [0.25, 0.3) is 0 Å². The number of fused-ring (bicyclic) bond motifs is 1. The molecule has 0 atom stereocenters. The highest BCUT2D eigenvalue weighted by atomic mass is 16.5. The molecule has 2 heteroatoms. The summed E-state index contributed by atoms with van der Waals surface area (Å²) in [5.41, 5.74) is 1.21. The average molecular weight is 213 g/mol. The molecule has 0 bridgehead atoms. The summed E-state index contributed by atoms with van der Waals surface area (Å²) < 4.78 is 7.54. The van der Waals surface area contributed by atoms with E-state index in [2.05, 4.69) is 34.7 Å².